The Morgan fingerprint density at radius 3 is 2.82 bits per heavy atom. The lowest BCUT2D eigenvalue weighted by molar-refractivity contribution is 0.389. The van der Waals surface area contributed by atoms with Crippen molar-refractivity contribution in [2.24, 2.45) is 11.8 Å². The SMILES string of the molecule is CC(C)CCC1CCCc2ccccc2C1Cl. The van der Waals surface area contributed by atoms with Gasteiger partial charge in [-0.25, -0.2) is 0 Å². The molecule has 1 heteroatoms. The van der Waals surface area contributed by atoms with Crippen molar-refractivity contribution in [3.63, 3.8) is 0 Å². The van der Waals surface area contributed by atoms with E-state index in [2.05, 4.69) is 38.1 Å². The van der Waals surface area contributed by atoms with Gasteiger partial charge in [-0.1, -0.05) is 44.5 Å². The average molecular weight is 251 g/mol. The van der Waals surface area contributed by atoms with E-state index in [-0.39, 0.29) is 5.38 Å². The highest BCUT2D eigenvalue weighted by Gasteiger charge is 2.25. The van der Waals surface area contributed by atoms with Gasteiger partial charge in [0.05, 0.1) is 5.38 Å². The van der Waals surface area contributed by atoms with E-state index in [0.29, 0.717) is 5.92 Å². The van der Waals surface area contributed by atoms with E-state index in [4.69, 9.17) is 11.6 Å². The molecule has 0 heterocycles. The quantitative estimate of drug-likeness (QED) is 0.501. The Labute approximate surface area is 110 Å². The van der Waals surface area contributed by atoms with Gasteiger partial charge in [-0.2, -0.15) is 0 Å². The Morgan fingerprint density at radius 1 is 1.29 bits per heavy atom. The first kappa shape index (κ1) is 13.0. The highest BCUT2D eigenvalue weighted by atomic mass is 35.5. The number of hydrogen-bond donors (Lipinski definition) is 0. The monoisotopic (exact) mass is 250 g/mol. The summed E-state index contributed by atoms with van der Waals surface area (Å²) in [4.78, 5) is 0. The third-order valence-corrected chi connectivity index (χ3v) is 4.49. The highest BCUT2D eigenvalue weighted by Crippen LogP contribution is 2.40. The molecule has 2 rings (SSSR count). The Hall–Kier alpha value is -0.490. The zero-order valence-corrected chi connectivity index (χ0v) is 11.7. The normalized spacial score (nSPS) is 24.5. The van der Waals surface area contributed by atoms with Crippen LogP contribution in [-0.2, 0) is 6.42 Å². The Morgan fingerprint density at radius 2 is 2.06 bits per heavy atom. The van der Waals surface area contributed by atoms with Gasteiger partial charge in [-0.3, -0.25) is 0 Å². The second-order valence-corrected chi connectivity index (χ2v) is 6.19. The van der Waals surface area contributed by atoms with Crippen molar-refractivity contribution in [2.45, 2.75) is 51.3 Å². The Balaban J connectivity index is 2.11. The molecule has 0 spiro atoms. The molecule has 0 aromatic heterocycles. The summed E-state index contributed by atoms with van der Waals surface area (Å²) >= 11 is 6.70. The van der Waals surface area contributed by atoms with Crippen LogP contribution in [0.1, 0.15) is 56.0 Å². The van der Waals surface area contributed by atoms with Gasteiger partial charge in [0.2, 0.25) is 0 Å². The molecule has 2 unspecified atom stereocenters. The van der Waals surface area contributed by atoms with Crippen molar-refractivity contribution in [1.29, 1.82) is 0 Å². The van der Waals surface area contributed by atoms with Gasteiger partial charge >= 0.3 is 0 Å². The van der Waals surface area contributed by atoms with Crippen molar-refractivity contribution >= 4 is 11.6 Å². The van der Waals surface area contributed by atoms with Crippen LogP contribution in [0.5, 0.6) is 0 Å². The zero-order chi connectivity index (χ0) is 12.3. The van der Waals surface area contributed by atoms with Crippen LogP contribution in [0.3, 0.4) is 0 Å². The molecule has 94 valence electrons. The van der Waals surface area contributed by atoms with Crippen molar-refractivity contribution in [1.82, 2.24) is 0 Å². The van der Waals surface area contributed by atoms with Crippen LogP contribution in [-0.4, -0.2) is 0 Å². The maximum Gasteiger partial charge on any atom is 0.0616 e. The predicted octanol–water partition coefficient (Wildman–Crippen LogP) is 5.36. The smallest absolute Gasteiger partial charge is 0.0616 e. The minimum Gasteiger partial charge on any atom is -0.118 e. The number of alkyl halides is 1. The summed E-state index contributed by atoms with van der Waals surface area (Å²) in [5.41, 5.74) is 2.86. The largest absolute Gasteiger partial charge is 0.118 e. The van der Waals surface area contributed by atoms with Crippen molar-refractivity contribution in [2.75, 3.05) is 0 Å². The summed E-state index contributed by atoms with van der Waals surface area (Å²) in [5, 5.41) is 0.229. The fourth-order valence-corrected chi connectivity index (χ4v) is 3.29. The molecule has 1 aromatic carbocycles. The second-order valence-electron chi connectivity index (χ2n) is 5.72. The summed E-state index contributed by atoms with van der Waals surface area (Å²) in [5.74, 6) is 1.46. The third-order valence-electron chi connectivity index (χ3n) is 3.90. The lowest BCUT2D eigenvalue weighted by atomic mass is 9.89. The number of aryl methyl sites for hydroxylation is 1. The number of fused-ring (bicyclic) bond motifs is 1. The fraction of sp³-hybridized carbons (Fsp3) is 0.625. The maximum absolute atomic E-state index is 6.70. The minimum absolute atomic E-state index is 0.229. The molecule has 0 amide bonds. The second kappa shape index (κ2) is 5.91. The van der Waals surface area contributed by atoms with E-state index in [0.717, 1.165) is 5.92 Å². The number of halogens is 1. The summed E-state index contributed by atoms with van der Waals surface area (Å²) in [7, 11) is 0. The lowest BCUT2D eigenvalue weighted by Crippen LogP contribution is -2.08. The fourth-order valence-electron chi connectivity index (χ4n) is 2.82. The van der Waals surface area contributed by atoms with Gasteiger partial charge < -0.3 is 0 Å². The van der Waals surface area contributed by atoms with Gasteiger partial charge in [0.15, 0.2) is 0 Å². The molecule has 0 aliphatic heterocycles. The topological polar surface area (TPSA) is 0 Å². The molecule has 1 aliphatic rings. The summed E-state index contributed by atoms with van der Waals surface area (Å²) < 4.78 is 0. The van der Waals surface area contributed by atoms with Gasteiger partial charge in [0, 0.05) is 0 Å². The van der Waals surface area contributed by atoms with E-state index >= 15 is 0 Å². The molecule has 0 saturated heterocycles. The molecule has 17 heavy (non-hydrogen) atoms. The summed E-state index contributed by atoms with van der Waals surface area (Å²) in [6.07, 6.45) is 6.37. The number of rotatable bonds is 3. The van der Waals surface area contributed by atoms with Crippen LogP contribution in [0.25, 0.3) is 0 Å². The van der Waals surface area contributed by atoms with Crippen molar-refractivity contribution in [3.05, 3.63) is 35.4 Å². The first-order chi connectivity index (χ1) is 8.18. The molecule has 0 radical (unpaired) electrons. The molecular formula is C16H23Cl. The van der Waals surface area contributed by atoms with Crippen LogP contribution in [0.15, 0.2) is 24.3 Å². The van der Waals surface area contributed by atoms with Crippen LogP contribution >= 0.6 is 11.6 Å². The Bertz CT molecular complexity index is 356. The minimum atomic E-state index is 0.229. The van der Waals surface area contributed by atoms with Crippen LogP contribution in [0.4, 0.5) is 0 Å². The molecule has 1 aromatic rings. The zero-order valence-electron chi connectivity index (χ0n) is 11.0. The molecule has 0 fully saturated rings. The van der Waals surface area contributed by atoms with E-state index in [9.17, 15) is 0 Å². The molecular weight excluding hydrogens is 228 g/mol. The first-order valence-corrected chi connectivity index (χ1v) is 7.34. The van der Waals surface area contributed by atoms with Crippen molar-refractivity contribution < 1.29 is 0 Å². The van der Waals surface area contributed by atoms with E-state index < -0.39 is 0 Å². The lowest BCUT2D eigenvalue weighted by Gasteiger charge is -2.22. The van der Waals surface area contributed by atoms with Crippen LogP contribution < -0.4 is 0 Å². The number of hydrogen-bond acceptors (Lipinski definition) is 0. The highest BCUT2D eigenvalue weighted by molar-refractivity contribution is 6.21. The molecule has 0 N–H and O–H groups in total. The maximum atomic E-state index is 6.70. The van der Waals surface area contributed by atoms with Crippen LogP contribution in [0, 0.1) is 11.8 Å². The molecule has 1 aliphatic carbocycles. The molecule has 0 nitrogen and oxygen atoms in total. The molecule has 0 saturated carbocycles. The standard InChI is InChI=1S/C16H23Cl/c1-12(2)10-11-14-8-5-7-13-6-3-4-9-15(13)16(14)17/h3-4,6,9,12,14,16H,5,7-8,10-11H2,1-2H3. The predicted molar refractivity (Wildman–Crippen MR) is 75.5 cm³/mol. The third kappa shape index (κ3) is 3.25. The van der Waals surface area contributed by atoms with E-state index in [1.165, 1.54) is 43.2 Å². The van der Waals surface area contributed by atoms with Crippen molar-refractivity contribution in [3.8, 4) is 0 Å². The molecule has 0 bridgehead atoms. The van der Waals surface area contributed by atoms with Gasteiger partial charge in [0.1, 0.15) is 0 Å². The molecule has 2 atom stereocenters. The van der Waals surface area contributed by atoms with Crippen LogP contribution in [0.2, 0.25) is 0 Å². The van der Waals surface area contributed by atoms with Gasteiger partial charge in [-0.15, -0.1) is 11.6 Å². The van der Waals surface area contributed by atoms with E-state index in [1.807, 2.05) is 0 Å². The van der Waals surface area contributed by atoms with E-state index in [1.54, 1.807) is 0 Å². The average Bonchev–Trinajstić information content (AvgIpc) is 2.47. The van der Waals surface area contributed by atoms with Gasteiger partial charge in [-0.05, 0) is 48.6 Å². The summed E-state index contributed by atoms with van der Waals surface area (Å²) in [6.45, 7) is 4.60. The summed E-state index contributed by atoms with van der Waals surface area (Å²) in [6, 6.07) is 8.73. The first-order valence-electron chi connectivity index (χ1n) is 6.90. The van der Waals surface area contributed by atoms with Gasteiger partial charge in [0.25, 0.3) is 0 Å². The number of benzene rings is 1. The Kier molecular flexibility index (Phi) is 4.50.